The van der Waals surface area contributed by atoms with Crippen LogP contribution in [0.15, 0.2) is 51.6 Å². The lowest BCUT2D eigenvalue weighted by Crippen LogP contribution is -1.71. The highest BCUT2D eigenvalue weighted by molar-refractivity contribution is 9.10. The molecule has 0 saturated carbocycles. The molecule has 0 aliphatic carbocycles. The minimum absolute atomic E-state index is 0.905. The third-order valence-corrected chi connectivity index (χ3v) is 2.18. The van der Waals surface area contributed by atoms with E-state index in [1.807, 2.05) is 36.4 Å². The van der Waals surface area contributed by atoms with Crippen molar-refractivity contribution in [2.45, 2.75) is 0 Å². The quantitative estimate of drug-likeness (QED) is 0.718. The molecular formula is C10H7BrO. The zero-order chi connectivity index (χ0) is 8.39. The number of furan rings is 1. The lowest BCUT2D eigenvalue weighted by atomic mass is 10.2. The van der Waals surface area contributed by atoms with Gasteiger partial charge in [0.25, 0.3) is 0 Å². The fourth-order valence-electron chi connectivity index (χ4n) is 1.06. The van der Waals surface area contributed by atoms with Crippen LogP contribution in [0.2, 0.25) is 0 Å². The molecule has 0 unspecified atom stereocenters. The molecule has 0 spiro atoms. The van der Waals surface area contributed by atoms with Crippen LogP contribution >= 0.6 is 15.9 Å². The largest absolute Gasteiger partial charge is 0.464 e. The number of benzene rings is 1. The minimum Gasteiger partial charge on any atom is -0.464 e. The first kappa shape index (κ1) is 7.62. The zero-order valence-corrected chi connectivity index (χ0v) is 7.91. The molecule has 0 bridgehead atoms. The second-order valence-electron chi connectivity index (χ2n) is 2.48. The predicted octanol–water partition coefficient (Wildman–Crippen LogP) is 3.71. The van der Waals surface area contributed by atoms with Gasteiger partial charge in [-0.25, -0.2) is 0 Å². The van der Waals surface area contributed by atoms with Gasteiger partial charge >= 0.3 is 0 Å². The van der Waals surface area contributed by atoms with E-state index in [1.54, 1.807) is 6.26 Å². The summed E-state index contributed by atoms with van der Waals surface area (Å²) in [5, 5.41) is 0. The Labute approximate surface area is 79.2 Å². The van der Waals surface area contributed by atoms with E-state index in [1.165, 1.54) is 0 Å². The topological polar surface area (TPSA) is 13.1 Å². The molecule has 1 aromatic carbocycles. The molecule has 0 fully saturated rings. The standard InChI is InChI=1S/C10H7BrO/c11-9-5-3-8(4-6-9)10-2-1-7-12-10/h1-7H. The van der Waals surface area contributed by atoms with Crippen LogP contribution in [0.4, 0.5) is 0 Å². The fraction of sp³-hybridized carbons (Fsp3) is 0. The summed E-state index contributed by atoms with van der Waals surface area (Å²) in [6.45, 7) is 0. The van der Waals surface area contributed by atoms with Gasteiger partial charge in [0.05, 0.1) is 6.26 Å². The van der Waals surface area contributed by atoms with Crippen LogP contribution in [-0.4, -0.2) is 0 Å². The monoisotopic (exact) mass is 222 g/mol. The summed E-state index contributed by atoms with van der Waals surface area (Å²) in [6, 6.07) is 11.9. The van der Waals surface area contributed by atoms with Gasteiger partial charge in [-0.3, -0.25) is 0 Å². The number of hydrogen-bond donors (Lipinski definition) is 0. The van der Waals surface area contributed by atoms with Crippen molar-refractivity contribution in [1.29, 1.82) is 0 Å². The van der Waals surface area contributed by atoms with Crippen molar-refractivity contribution >= 4 is 15.9 Å². The maximum absolute atomic E-state index is 5.24. The molecule has 0 amide bonds. The molecule has 1 heterocycles. The Balaban J connectivity index is 2.43. The smallest absolute Gasteiger partial charge is 0.133 e. The van der Waals surface area contributed by atoms with Gasteiger partial charge in [-0.05, 0) is 24.3 Å². The first-order valence-electron chi connectivity index (χ1n) is 3.66. The molecule has 0 radical (unpaired) electrons. The Morgan fingerprint density at radius 1 is 1.00 bits per heavy atom. The van der Waals surface area contributed by atoms with Crippen LogP contribution in [0.25, 0.3) is 11.3 Å². The van der Waals surface area contributed by atoms with Crippen molar-refractivity contribution in [1.82, 2.24) is 0 Å². The lowest BCUT2D eigenvalue weighted by Gasteiger charge is -1.95. The average Bonchev–Trinajstić information content (AvgIpc) is 2.58. The SMILES string of the molecule is Brc1ccc(-c2ccco2)cc1. The first-order valence-corrected chi connectivity index (χ1v) is 4.45. The summed E-state index contributed by atoms with van der Waals surface area (Å²) < 4.78 is 6.33. The second-order valence-corrected chi connectivity index (χ2v) is 3.40. The van der Waals surface area contributed by atoms with E-state index >= 15 is 0 Å². The molecule has 2 aromatic rings. The van der Waals surface area contributed by atoms with Crippen LogP contribution in [-0.2, 0) is 0 Å². The van der Waals surface area contributed by atoms with Gasteiger partial charge in [0, 0.05) is 10.0 Å². The molecular weight excluding hydrogens is 216 g/mol. The van der Waals surface area contributed by atoms with Crippen molar-refractivity contribution in [3.63, 3.8) is 0 Å². The average molecular weight is 223 g/mol. The maximum Gasteiger partial charge on any atom is 0.133 e. The second kappa shape index (κ2) is 3.15. The van der Waals surface area contributed by atoms with Crippen molar-refractivity contribution in [3.8, 4) is 11.3 Å². The molecule has 0 atom stereocenters. The van der Waals surface area contributed by atoms with E-state index in [0.717, 1.165) is 15.8 Å². The van der Waals surface area contributed by atoms with Crippen molar-refractivity contribution in [2.75, 3.05) is 0 Å². The third kappa shape index (κ3) is 1.43. The van der Waals surface area contributed by atoms with E-state index in [9.17, 15) is 0 Å². The van der Waals surface area contributed by atoms with Crippen LogP contribution in [0.3, 0.4) is 0 Å². The number of rotatable bonds is 1. The van der Waals surface area contributed by atoms with E-state index < -0.39 is 0 Å². The van der Waals surface area contributed by atoms with Gasteiger partial charge in [0.2, 0.25) is 0 Å². The summed E-state index contributed by atoms with van der Waals surface area (Å²) in [7, 11) is 0. The Kier molecular flexibility index (Phi) is 2.00. The first-order chi connectivity index (χ1) is 5.86. The molecule has 12 heavy (non-hydrogen) atoms. The van der Waals surface area contributed by atoms with Crippen LogP contribution in [0.5, 0.6) is 0 Å². The Morgan fingerprint density at radius 2 is 1.75 bits per heavy atom. The predicted molar refractivity (Wildman–Crippen MR) is 51.8 cm³/mol. The van der Waals surface area contributed by atoms with Gasteiger partial charge < -0.3 is 4.42 Å². The number of hydrogen-bond acceptors (Lipinski definition) is 1. The molecule has 0 N–H and O–H groups in total. The molecule has 2 rings (SSSR count). The highest BCUT2D eigenvalue weighted by Crippen LogP contribution is 2.21. The third-order valence-electron chi connectivity index (χ3n) is 1.65. The van der Waals surface area contributed by atoms with Crippen LogP contribution in [0.1, 0.15) is 0 Å². The summed E-state index contributed by atoms with van der Waals surface area (Å²) in [6.07, 6.45) is 1.68. The number of halogens is 1. The fourth-order valence-corrected chi connectivity index (χ4v) is 1.32. The van der Waals surface area contributed by atoms with Gasteiger partial charge in [0.15, 0.2) is 0 Å². The zero-order valence-electron chi connectivity index (χ0n) is 6.33. The molecule has 60 valence electrons. The highest BCUT2D eigenvalue weighted by atomic mass is 79.9. The lowest BCUT2D eigenvalue weighted by molar-refractivity contribution is 0.582. The van der Waals surface area contributed by atoms with E-state index in [2.05, 4.69) is 15.9 Å². The van der Waals surface area contributed by atoms with Gasteiger partial charge in [-0.2, -0.15) is 0 Å². The van der Waals surface area contributed by atoms with Crippen molar-refractivity contribution in [3.05, 3.63) is 47.1 Å². The summed E-state index contributed by atoms with van der Waals surface area (Å²) in [4.78, 5) is 0. The molecule has 0 aliphatic rings. The van der Waals surface area contributed by atoms with Gasteiger partial charge in [-0.1, -0.05) is 28.1 Å². The van der Waals surface area contributed by atoms with Crippen molar-refractivity contribution in [2.24, 2.45) is 0 Å². The van der Waals surface area contributed by atoms with E-state index in [-0.39, 0.29) is 0 Å². The summed E-state index contributed by atoms with van der Waals surface area (Å²) >= 11 is 3.38. The Bertz CT molecular complexity index is 348. The highest BCUT2D eigenvalue weighted by Gasteiger charge is 1.97. The molecule has 0 aliphatic heterocycles. The van der Waals surface area contributed by atoms with Crippen LogP contribution in [0, 0.1) is 0 Å². The summed E-state index contributed by atoms with van der Waals surface area (Å²) in [5.41, 5.74) is 1.10. The van der Waals surface area contributed by atoms with E-state index in [0.29, 0.717) is 0 Å². The van der Waals surface area contributed by atoms with E-state index in [4.69, 9.17) is 4.42 Å². The van der Waals surface area contributed by atoms with Gasteiger partial charge in [0.1, 0.15) is 5.76 Å². The maximum atomic E-state index is 5.24. The Morgan fingerprint density at radius 3 is 2.33 bits per heavy atom. The molecule has 1 aromatic heterocycles. The van der Waals surface area contributed by atoms with Crippen molar-refractivity contribution < 1.29 is 4.42 Å². The molecule has 0 saturated heterocycles. The normalized spacial score (nSPS) is 10.1. The molecule has 1 nitrogen and oxygen atoms in total. The molecule has 2 heteroatoms. The van der Waals surface area contributed by atoms with Crippen LogP contribution < -0.4 is 0 Å². The minimum atomic E-state index is 0.905. The van der Waals surface area contributed by atoms with Gasteiger partial charge in [-0.15, -0.1) is 0 Å². The summed E-state index contributed by atoms with van der Waals surface area (Å²) in [5.74, 6) is 0.905. The Hall–Kier alpha value is -1.02.